The highest BCUT2D eigenvalue weighted by Crippen LogP contribution is 2.49. The third-order valence-corrected chi connectivity index (χ3v) is 8.46. The molecule has 0 saturated heterocycles. The van der Waals surface area contributed by atoms with Gasteiger partial charge in [-0.25, -0.2) is 0 Å². The molecule has 1 saturated carbocycles. The third kappa shape index (κ3) is 5.85. The van der Waals surface area contributed by atoms with Crippen LogP contribution in [0.4, 0.5) is 5.69 Å². The molecule has 0 aliphatic heterocycles. The van der Waals surface area contributed by atoms with Gasteiger partial charge in [0, 0.05) is 18.3 Å². The van der Waals surface area contributed by atoms with Crippen LogP contribution in [0.3, 0.4) is 0 Å². The minimum absolute atomic E-state index is 0.195. The van der Waals surface area contributed by atoms with E-state index in [-0.39, 0.29) is 11.0 Å². The maximum absolute atomic E-state index is 5.04. The second-order valence-corrected chi connectivity index (χ2v) is 12.4. The maximum Gasteiger partial charge on any atom is 0.0841 e. The molecule has 0 spiro atoms. The summed E-state index contributed by atoms with van der Waals surface area (Å²) in [7, 11) is 0. The van der Waals surface area contributed by atoms with Crippen LogP contribution in [0, 0.1) is 11.3 Å². The van der Waals surface area contributed by atoms with Crippen molar-refractivity contribution < 1.29 is 0 Å². The molecule has 1 fully saturated rings. The van der Waals surface area contributed by atoms with Crippen molar-refractivity contribution in [3.05, 3.63) is 95.3 Å². The average molecular weight is 483 g/mol. The molecular formula is C34H46N2. The first-order valence-corrected chi connectivity index (χ1v) is 14.1. The van der Waals surface area contributed by atoms with Gasteiger partial charge >= 0.3 is 0 Å². The molecule has 0 radical (unpaired) electrons. The Labute approximate surface area is 220 Å². The second kappa shape index (κ2) is 11.2. The lowest BCUT2D eigenvalue weighted by molar-refractivity contribution is 0.152. The molecule has 1 aromatic heterocycles. The number of rotatable bonds is 10. The molecule has 36 heavy (non-hydrogen) atoms. The number of hydrogen-bond donors (Lipinski definition) is 1. The quantitative estimate of drug-likeness (QED) is 0.311. The first-order chi connectivity index (χ1) is 17.2. The lowest BCUT2D eigenvalue weighted by Crippen LogP contribution is -2.44. The molecule has 1 heterocycles. The molecule has 1 N–H and O–H groups in total. The van der Waals surface area contributed by atoms with Crippen molar-refractivity contribution in [2.45, 2.75) is 97.4 Å². The van der Waals surface area contributed by atoms with Crippen LogP contribution in [-0.2, 0) is 12.0 Å². The summed E-state index contributed by atoms with van der Waals surface area (Å²) in [5.41, 5.74) is 6.48. The molecule has 1 aliphatic carbocycles. The van der Waals surface area contributed by atoms with Gasteiger partial charge in [-0.15, -0.1) is 0 Å². The van der Waals surface area contributed by atoms with E-state index in [9.17, 15) is 0 Å². The maximum atomic E-state index is 5.04. The van der Waals surface area contributed by atoms with Crippen molar-refractivity contribution in [2.24, 2.45) is 11.3 Å². The molecule has 0 bridgehead atoms. The number of aromatic nitrogens is 1. The molecule has 2 nitrogen and oxygen atoms in total. The Morgan fingerprint density at radius 3 is 1.97 bits per heavy atom. The van der Waals surface area contributed by atoms with Gasteiger partial charge < -0.3 is 5.32 Å². The Hall–Kier alpha value is -2.61. The molecule has 4 rings (SSSR count). The van der Waals surface area contributed by atoms with Gasteiger partial charge in [0.2, 0.25) is 0 Å². The normalized spacial score (nSPS) is 16.4. The van der Waals surface area contributed by atoms with E-state index in [2.05, 4.69) is 108 Å². The summed E-state index contributed by atoms with van der Waals surface area (Å²) < 4.78 is 0. The number of nitrogens with zero attached hydrogens (tertiary/aromatic N) is 1. The van der Waals surface area contributed by atoms with E-state index in [1.165, 1.54) is 48.1 Å². The van der Waals surface area contributed by atoms with Crippen molar-refractivity contribution in [1.29, 1.82) is 0 Å². The molecule has 2 heteroatoms. The minimum atomic E-state index is -0.316. The summed E-state index contributed by atoms with van der Waals surface area (Å²) in [6.07, 6.45) is 9.34. The van der Waals surface area contributed by atoms with Gasteiger partial charge in [-0.05, 0) is 71.3 Å². The zero-order chi connectivity index (χ0) is 25.8. The Morgan fingerprint density at radius 2 is 1.42 bits per heavy atom. The van der Waals surface area contributed by atoms with Gasteiger partial charge in [0.1, 0.15) is 0 Å². The molecular weight excluding hydrogens is 436 g/mol. The highest BCUT2D eigenvalue weighted by atomic mass is 15.0. The summed E-state index contributed by atoms with van der Waals surface area (Å²) in [6.45, 7) is 14.3. The van der Waals surface area contributed by atoms with E-state index >= 15 is 0 Å². The summed E-state index contributed by atoms with van der Waals surface area (Å²) in [4.78, 5) is 5.04. The Morgan fingerprint density at radius 1 is 0.806 bits per heavy atom. The summed E-state index contributed by atoms with van der Waals surface area (Å²) in [6, 6.07) is 24.3. The van der Waals surface area contributed by atoms with E-state index in [0.717, 1.165) is 24.5 Å². The van der Waals surface area contributed by atoms with Crippen molar-refractivity contribution >= 4 is 5.69 Å². The minimum Gasteiger partial charge on any atom is -0.373 e. The SMILES string of the molecule is CC(C)c1cccc(C(C)C)c1NC(Cc1ccccc1)(CC(C)(C)C1CCCC1)c1ccccn1. The number of anilines is 1. The lowest BCUT2D eigenvalue weighted by Gasteiger charge is -2.45. The van der Waals surface area contributed by atoms with Crippen LogP contribution in [0.2, 0.25) is 0 Å². The fraction of sp³-hybridized carbons (Fsp3) is 0.500. The molecule has 3 aromatic rings. The van der Waals surface area contributed by atoms with Gasteiger partial charge in [0.25, 0.3) is 0 Å². The standard InChI is InChI=1S/C34H46N2/c1-25(2)29-19-14-20-30(26(3)4)32(29)36-34(31-21-12-13-22-35-31,23-27-15-8-7-9-16-27)24-33(5,6)28-17-10-11-18-28/h7-9,12-16,19-22,25-26,28,36H,10-11,17-18,23-24H2,1-6H3. The number of pyridine rings is 1. The molecule has 1 unspecified atom stereocenters. The first-order valence-electron chi connectivity index (χ1n) is 14.1. The molecule has 1 atom stereocenters. The van der Waals surface area contributed by atoms with E-state index < -0.39 is 0 Å². The van der Waals surface area contributed by atoms with Crippen LogP contribution >= 0.6 is 0 Å². The van der Waals surface area contributed by atoms with Gasteiger partial charge in [-0.2, -0.15) is 0 Å². The topological polar surface area (TPSA) is 24.9 Å². The van der Waals surface area contributed by atoms with Crippen LogP contribution < -0.4 is 5.32 Å². The molecule has 2 aromatic carbocycles. The van der Waals surface area contributed by atoms with Crippen LogP contribution in [0.15, 0.2) is 72.9 Å². The lowest BCUT2D eigenvalue weighted by atomic mass is 9.66. The molecule has 1 aliphatic rings. The summed E-state index contributed by atoms with van der Waals surface area (Å²) in [5.74, 6) is 1.63. The molecule has 0 amide bonds. The number of hydrogen-bond acceptors (Lipinski definition) is 2. The smallest absolute Gasteiger partial charge is 0.0841 e. The predicted molar refractivity (Wildman–Crippen MR) is 155 cm³/mol. The van der Waals surface area contributed by atoms with E-state index in [1.807, 2.05) is 12.3 Å². The number of nitrogens with one attached hydrogen (secondary N) is 1. The van der Waals surface area contributed by atoms with Crippen molar-refractivity contribution in [1.82, 2.24) is 4.98 Å². The summed E-state index contributed by atoms with van der Waals surface area (Å²) in [5, 5.41) is 4.27. The van der Waals surface area contributed by atoms with Crippen molar-refractivity contribution in [3.63, 3.8) is 0 Å². The van der Waals surface area contributed by atoms with Crippen LogP contribution in [0.5, 0.6) is 0 Å². The predicted octanol–water partition coefficient (Wildman–Crippen LogP) is 9.48. The fourth-order valence-electron chi connectivity index (χ4n) is 6.55. The second-order valence-electron chi connectivity index (χ2n) is 12.4. The van der Waals surface area contributed by atoms with Crippen LogP contribution in [-0.4, -0.2) is 4.98 Å². The van der Waals surface area contributed by atoms with Crippen molar-refractivity contribution in [2.75, 3.05) is 5.32 Å². The zero-order valence-corrected chi connectivity index (χ0v) is 23.4. The highest BCUT2D eigenvalue weighted by molar-refractivity contribution is 5.62. The van der Waals surface area contributed by atoms with Crippen LogP contribution in [0.25, 0.3) is 0 Å². The van der Waals surface area contributed by atoms with Gasteiger partial charge in [0.15, 0.2) is 0 Å². The Bertz CT molecular complexity index is 1070. The molecule has 192 valence electrons. The fourth-order valence-corrected chi connectivity index (χ4v) is 6.55. The van der Waals surface area contributed by atoms with Crippen LogP contribution in [0.1, 0.15) is 108 Å². The Balaban J connectivity index is 1.91. The largest absolute Gasteiger partial charge is 0.373 e. The van der Waals surface area contributed by atoms with E-state index in [1.54, 1.807) is 0 Å². The van der Waals surface area contributed by atoms with E-state index in [0.29, 0.717) is 11.8 Å². The summed E-state index contributed by atoms with van der Waals surface area (Å²) >= 11 is 0. The average Bonchev–Trinajstić information content (AvgIpc) is 3.41. The van der Waals surface area contributed by atoms with Gasteiger partial charge in [-0.3, -0.25) is 4.98 Å². The number of para-hydroxylation sites is 1. The first kappa shape index (κ1) is 26.5. The third-order valence-electron chi connectivity index (χ3n) is 8.46. The Kier molecular flexibility index (Phi) is 8.23. The van der Waals surface area contributed by atoms with Gasteiger partial charge in [-0.1, -0.05) is 109 Å². The van der Waals surface area contributed by atoms with E-state index in [4.69, 9.17) is 4.98 Å². The highest BCUT2D eigenvalue weighted by Gasteiger charge is 2.43. The number of benzene rings is 2. The van der Waals surface area contributed by atoms with Gasteiger partial charge in [0.05, 0.1) is 11.2 Å². The zero-order valence-electron chi connectivity index (χ0n) is 23.4. The van der Waals surface area contributed by atoms with Crippen molar-refractivity contribution in [3.8, 4) is 0 Å². The monoisotopic (exact) mass is 482 g/mol.